The lowest BCUT2D eigenvalue weighted by atomic mass is 10.1. The van der Waals surface area contributed by atoms with Gasteiger partial charge in [0.05, 0.1) is 17.4 Å². The molecule has 6 heteroatoms. The molecule has 0 aromatic heterocycles. The first-order chi connectivity index (χ1) is 13.6. The van der Waals surface area contributed by atoms with Crippen molar-refractivity contribution < 1.29 is 13.2 Å². The van der Waals surface area contributed by atoms with Gasteiger partial charge in [0.2, 0.25) is 10.0 Å². The van der Waals surface area contributed by atoms with Gasteiger partial charge in [-0.2, -0.15) is 4.31 Å². The number of benzene rings is 3. The lowest BCUT2D eigenvalue weighted by molar-refractivity contribution is 0.390. The molecule has 0 N–H and O–H groups in total. The number of para-hydroxylation sites is 1. The highest BCUT2D eigenvalue weighted by molar-refractivity contribution is 8.01. The van der Waals surface area contributed by atoms with Crippen molar-refractivity contribution in [3.8, 4) is 16.9 Å². The van der Waals surface area contributed by atoms with Crippen LogP contribution in [0.3, 0.4) is 0 Å². The number of sulfonamides is 1. The van der Waals surface area contributed by atoms with E-state index in [0.29, 0.717) is 17.2 Å². The summed E-state index contributed by atoms with van der Waals surface area (Å²) in [5, 5.41) is -0.282. The summed E-state index contributed by atoms with van der Waals surface area (Å²) >= 11 is 1.62. The second kappa shape index (κ2) is 7.99. The summed E-state index contributed by atoms with van der Waals surface area (Å²) in [7, 11) is -1.99. The number of nitrogens with zero attached hydrogens (tertiary/aromatic N) is 1. The Morgan fingerprint density at radius 1 is 0.893 bits per heavy atom. The SMILES string of the molecule is COc1ccccc1C1SCCN1S(=O)(=O)c1ccc(-c2ccccc2)cc1. The average molecular weight is 412 g/mol. The van der Waals surface area contributed by atoms with E-state index >= 15 is 0 Å². The van der Waals surface area contributed by atoms with Crippen LogP contribution in [0.5, 0.6) is 5.75 Å². The minimum Gasteiger partial charge on any atom is -0.496 e. The first kappa shape index (κ1) is 19.1. The second-order valence-corrected chi connectivity index (χ2v) is 9.55. The van der Waals surface area contributed by atoms with E-state index < -0.39 is 10.0 Å². The Labute approximate surface area is 170 Å². The maximum Gasteiger partial charge on any atom is 0.244 e. The van der Waals surface area contributed by atoms with E-state index in [0.717, 1.165) is 22.4 Å². The lowest BCUT2D eigenvalue weighted by Gasteiger charge is -2.25. The highest BCUT2D eigenvalue weighted by Crippen LogP contribution is 2.44. The van der Waals surface area contributed by atoms with Gasteiger partial charge < -0.3 is 4.74 Å². The van der Waals surface area contributed by atoms with Crippen molar-refractivity contribution >= 4 is 21.8 Å². The minimum atomic E-state index is -3.60. The number of hydrogen-bond acceptors (Lipinski definition) is 4. The van der Waals surface area contributed by atoms with Crippen molar-refractivity contribution in [2.45, 2.75) is 10.3 Å². The zero-order chi connectivity index (χ0) is 19.6. The first-order valence-corrected chi connectivity index (χ1v) is 11.5. The summed E-state index contributed by atoms with van der Waals surface area (Å²) in [5.41, 5.74) is 2.95. The maximum absolute atomic E-state index is 13.3. The second-order valence-electron chi connectivity index (χ2n) is 6.47. The minimum absolute atomic E-state index is 0.282. The zero-order valence-electron chi connectivity index (χ0n) is 15.5. The molecule has 0 aliphatic carbocycles. The van der Waals surface area contributed by atoms with E-state index in [2.05, 4.69) is 0 Å². The molecule has 1 unspecified atom stereocenters. The summed E-state index contributed by atoms with van der Waals surface area (Å²) in [6, 6.07) is 24.7. The largest absolute Gasteiger partial charge is 0.496 e. The molecule has 0 saturated carbocycles. The van der Waals surface area contributed by atoms with Crippen LogP contribution in [0.4, 0.5) is 0 Å². The van der Waals surface area contributed by atoms with Crippen LogP contribution in [-0.4, -0.2) is 32.1 Å². The van der Waals surface area contributed by atoms with Gasteiger partial charge in [0, 0.05) is 17.9 Å². The number of ether oxygens (including phenoxy) is 1. The Hall–Kier alpha value is -2.28. The molecule has 28 heavy (non-hydrogen) atoms. The normalized spacial score (nSPS) is 17.5. The van der Waals surface area contributed by atoms with Crippen LogP contribution in [0.1, 0.15) is 10.9 Å². The van der Waals surface area contributed by atoms with E-state index in [4.69, 9.17) is 4.74 Å². The molecule has 1 saturated heterocycles. The van der Waals surface area contributed by atoms with Gasteiger partial charge in [-0.25, -0.2) is 8.42 Å². The van der Waals surface area contributed by atoms with Crippen LogP contribution in [0.25, 0.3) is 11.1 Å². The third kappa shape index (κ3) is 3.55. The molecule has 1 fully saturated rings. The predicted octanol–water partition coefficient (Wildman–Crippen LogP) is 4.80. The standard InChI is InChI=1S/C22H21NO3S2/c1-26-21-10-6-5-9-20(21)22-23(15-16-27-22)28(24,25)19-13-11-18(12-14-19)17-7-3-2-4-8-17/h2-14,22H,15-16H2,1H3. The first-order valence-electron chi connectivity index (χ1n) is 9.03. The highest BCUT2D eigenvalue weighted by Gasteiger charge is 2.38. The van der Waals surface area contributed by atoms with Crippen LogP contribution < -0.4 is 4.74 Å². The van der Waals surface area contributed by atoms with Crippen molar-refractivity contribution in [1.82, 2.24) is 4.31 Å². The topological polar surface area (TPSA) is 46.6 Å². The number of hydrogen-bond donors (Lipinski definition) is 0. The quantitative estimate of drug-likeness (QED) is 0.605. The van der Waals surface area contributed by atoms with Gasteiger partial charge in [-0.15, -0.1) is 11.8 Å². The summed E-state index contributed by atoms with van der Waals surface area (Å²) in [6.45, 7) is 0.482. The molecule has 1 aliphatic heterocycles. The van der Waals surface area contributed by atoms with Crippen molar-refractivity contribution in [3.05, 3.63) is 84.4 Å². The van der Waals surface area contributed by atoms with Gasteiger partial charge in [-0.05, 0) is 29.3 Å². The fourth-order valence-electron chi connectivity index (χ4n) is 3.40. The van der Waals surface area contributed by atoms with Crippen molar-refractivity contribution in [1.29, 1.82) is 0 Å². The Bertz CT molecular complexity index is 1050. The maximum atomic E-state index is 13.3. The van der Waals surface area contributed by atoms with E-state index in [9.17, 15) is 8.42 Å². The zero-order valence-corrected chi connectivity index (χ0v) is 17.1. The van der Waals surface area contributed by atoms with E-state index in [1.54, 1.807) is 35.3 Å². The molecule has 1 heterocycles. The Kier molecular flexibility index (Phi) is 5.44. The van der Waals surface area contributed by atoms with E-state index in [1.165, 1.54) is 0 Å². The van der Waals surface area contributed by atoms with Gasteiger partial charge in [-0.3, -0.25) is 0 Å². The summed E-state index contributed by atoms with van der Waals surface area (Å²) in [4.78, 5) is 0.314. The van der Waals surface area contributed by atoms with Crippen LogP contribution in [0.15, 0.2) is 83.8 Å². The molecular weight excluding hydrogens is 390 g/mol. The lowest BCUT2D eigenvalue weighted by Crippen LogP contribution is -2.30. The fraction of sp³-hybridized carbons (Fsp3) is 0.182. The summed E-state index contributed by atoms with van der Waals surface area (Å²) in [6.07, 6.45) is 0. The van der Waals surface area contributed by atoms with Gasteiger partial charge in [0.25, 0.3) is 0 Å². The number of rotatable bonds is 5. The Morgan fingerprint density at radius 2 is 1.54 bits per heavy atom. The smallest absolute Gasteiger partial charge is 0.244 e. The van der Waals surface area contributed by atoms with Crippen molar-refractivity contribution in [2.24, 2.45) is 0 Å². The third-order valence-electron chi connectivity index (χ3n) is 4.82. The molecule has 0 bridgehead atoms. The molecular formula is C22H21NO3S2. The predicted molar refractivity (Wildman–Crippen MR) is 114 cm³/mol. The number of thioether (sulfide) groups is 1. The number of methoxy groups -OCH3 is 1. The molecule has 3 aromatic carbocycles. The van der Waals surface area contributed by atoms with Gasteiger partial charge >= 0.3 is 0 Å². The van der Waals surface area contributed by atoms with Gasteiger partial charge in [0.1, 0.15) is 5.75 Å². The molecule has 144 valence electrons. The Balaban J connectivity index is 1.66. The fourth-order valence-corrected chi connectivity index (χ4v) is 6.66. The molecule has 4 rings (SSSR count). The van der Waals surface area contributed by atoms with Crippen LogP contribution in [0, 0.1) is 0 Å². The molecule has 0 radical (unpaired) electrons. The molecule has 0 spiro atoms. The molecule has 3 aromatic rings. The molecule has 4 nitrogen and oxygen atoms in total. The van der Waals surface area contributed by atoms with Gasteiger partial charge in [0.15, 0.2) is 0 Å². The monoisotopic (exact) mass is 411 g/mol. The highest BCUT2D eigenvalue weighted by atomic mass is 32.2. The molecule has 1 aliphatic rings. The van der Waals surface area contributed by atoms with Crippen LogP contribution >= 0.6 is 11.8 Å². The van der Waals surface area contributed by atoms with E-state index in [-0.39, 0.29) is 5.37 Å². The van der Waals surface area contributed by atoms with Crippen molar-refractivity contribution in [2.75, 3.05) is 19.4 Å². The van der Waals surface area contributed by atoms with Crippen LogP contribution in [0.2, 0.25) is 0 Å². The summed E-state index contributed by atoms with van der Waals surface area (Å²) < 4.78 is 33.7. The van der Waals surface area contributed by atoms with Crippen LogP contribution in [-0.2, 0) is 10.0 Å². The third-order valence-corrected chi connectivity index (χ3v) is 8.08. The molecule has 1 atom stereocenters. The van der Waals surface area contributed by atoms with E-state index in [1.807, 2.05) is 66.7 Å². The average Bonchev–Trinajstić information content (AvgIpc) is 3.25. The Morgan fingerprint density at radius 3 is 2.25 bits per heavy atom. The van der Waals surface area contributed by atoms with Crippen molar-refractivity contribution in [3.63, 3.8) is 0 Å². The summed E-state index contributed by atoms with van der Waals surface area (Å²) in [5.74, 6) is 1.46. The van der Waals surface area contributed by atoms with Gasteiger partial charge in [-0.1, -0.05) is 60.7 Å². The molecule has 0 amide bonds.